The Labute approximate surface area is 123 Å². The van der Waals surface area contributed by atoms with Gasteiger partial charge in [-0.25, -0.2) is 0 Å². The molecule has 0 heteroatoms. The van der Waals surface area contributed by atoms with Gasteiger partial charge >= 0.3 is 0 Å². The molecule has 0 bridgehead atoms. The van der Waals surface area contributed by atoms with Crippen LogP contribution in [0.5, 0.6) is 0 Å². The lowest BCUT2D eigenvalue weighted by molar-refractivity contribution is 0.916. The topological polar surface area (TPSA) is 0 Å². The van der Waals surface area contributed by atoms with Crippen molar-refractivity contribution in [3.8, 4) is 0 Å². The molecule has 0 nitrogen and oxygen atoms in total. The number of hydrogen-bond acceptors (Lipinski definition) is 0. The molecule has 0 saturated carbocycles. The van der Waals surface area contributed by atoms with E-state index in [0.717, 1.165) is 0 Å². The van der Waals surface area contributed by atoms with Gasteiger partial charge in [0.25, 0.3) is 0 Å². The Morgan fingerprint density at radius 2 is 1.10 bits per heavy atom. The highest BCUT2D eigenvalue weighted by Gasteiger charge is 2.13. The molecule has 0 aliphatic rings. The van der Waals surface area contributed by atoms with E-state index in [1.807, 2.05) is 38.1 Å². The second-order valence-electron chi connectivity index (χ2n) is 4.39. The molecule has 0 amide bonds. The van der Waals surface area contributed by atoms with Crippen LogP contribution < -0.4 is 0 Å². The third-order valence-electron chi connectivity index (χ3n) is 3.36. The van der Waals surface area contributed by atoms with E-state index in [-0.39, 0.29) is 0 Å². The Morgan fingerprint density at radius 3 is 1.45 bits per heavy atom. The van der Waals surface area contributed by atoms with Gasteiger partial charge in [-0.05, 0) is 22.3 Å². The quantitative estimate of drug-likeness (QED) is 0.621. The molecular weight excluding hydrogens is 240 g/mol. The zero-order valence-electron chi connectivity index (χ0n) is 12.8. The second-order valence-corrected chi connectivity index (χ2v) is 4.39. The summed E-state index contributed by atoms with van der Waals surface area (Å²) in [6, 6.07) is 16.8. The van der Waals surface area contributed by atoms with Crippen molar-refractivity contribution in [2.24, 2.45) is 0 Å². The molecule has 0 radical (unpaired) electrons. The summed E-state index contributed by atoms with van der Waals surface area (Å²) in [4.78, 5) is 0. The summed E-state index contributed by atoms with van der Waals surface area (Å²) in [5, 5.41) is 0. The first-order valence-electron chi connectivity index (χ1n) is 7.20. The van der Waals surface area contributed by atoms with Crippen molar-refractivity contribution in [2.45, 2.75) is 26.7 Å². The zero-order chi connectivity index (χ0) is 15.0. The van der Waals surface area contributed by atoms with Crippen LogP contribution in [-0.4, -0.2) is 0 Å². The van der Waals surface area contributed by atoms with Crippen molar-refractivity contribution in [1.82, 2.24) is 0 Å². The van der Waals surface area contributed by atoms with Gasteiger partial charge in [-0.1, -0.05) is 94.6 Å². The fourth-order valence-corrected chi connectivity index (χ4v) is 2.35. The molecule has 2 rings (SSSR count). The molecule has 0 heterocycles. The van der Waals surface area contributed by atoms with E-state index in [1.165, 1.54) is 22.3 Å². The minimum atomic E-state index is 0.341. The lowest BCUT2D eigenvalue weighted by Gasteiger charge is -2.17. The van der Waals surface area contributed by atoms with E-state index < -0.39 is 0 Å². The summed E-state index contributed by atoms with van der Waals surface area (Å²) in [5.74, 6) is 0.341. The van der Waals surface area contributed by atoms with Crippen molar-refractivity contribution in [1.29, 1.82) is 0 Å². The molecule has 0 aromatic heterocycles. The fraction of sp³-hybridized carbons (Fsp3) is 0.200. The predicted octanol–water partition coefficient (Wildman–Crippen LogP) is 6.15. The molecule has 0 saturated heterocycles. The van der Waals surface area contributed by atoms with Crippen molar-refractivity contribution in [2.75, 3.05) is 0 Å². The van der Waals surface area contributed by atoms with Crippen molar-refractivity contribution in [3.63, 3.8) is 0 Å². The molecule has 20 heavy (non-hydrogen) atoms. The van der Waals surface area contributed by atoms with Crippen LogP contribution in [0.25, 0.3) is 12.2 Å². The molecule has 0 fully saturated rings. The van der Waals surface area contributed by atoms with Gasteiger partial charge < -0.3 is 0 Å². The fourth-order valence-electron chi connectivity index (χ4n) is 2.35. The van der Waals surface area contributed by atoms with Crippen LogP contribution in [0.3, 0.4) is 0 Å². The molecule has 0 atom stereocenters. The molecule has 0 spiro atoms. The van der Waals surface area contributed by atoms with Gasteiger partial charge in [0.05, 0.1) is 0 Å². The van der Waals surface area contributed by atoms with Crippen LogP contribution in [0, 0.1) is 0 Å². The second kappa shape index (κ2) is 8.16. The van der Waals surface area contributed by atoms with Crippen molar-refractivity contribution < 1.29 is 0 Å². The van der Waals surface area contributed by atoms with Gasteiger partial charge in [0.1, 0.15) is 0 Å². The minimum Gasteiger partial charge on any atom is -0.0985 e. The predicted molar refractivity (Wildman–Crippen MR) is 91.9 cm³/mol. The maximum Gasteiger partial charge on any atom is 0.00728 e. The molecule has 0 N–H and O–H groups in total. The van der Waals surface area contributed by atoms with Gasteiger partial charge in [-0.3, -0.25) is 0 Å². The SMILES string of the molecule is C=Cc1ccccc1C(C)c1ccccc1C=C.CC. The zero-order valence-corrected chi connectivity index (χ0v) is 12.8. The molecule has 0 aliphatic heterocycles. The van der Waals surface area contributed by atoms with E-state index in [2.05, 4.69) is 56.5 Å². The highest BCUT2D eigenvalue weighted by Crippen LogP contribution is 2.30. The van der Waals surface area contributed by atoms with E-state index >= 15 is 0 Å². The molecule has 0 unspecified atom stereocenters. The largest absolute Gasteiger partial charge is 0.0985 e. The van der Waals surface area contributed by atoms with Crippen LogP contribution >= 0.6 is 0 Å². The minimum absolute atomic E-state index is 0.341. The Kier molecular flexibility index (Phi) is 6.52. The standard InChI is InChI=1S/C18H18.C2H6/c1-4-15-10-6-8-12-17(15)14(3)18-13-9-7-11-16(18)5-2;1-2/h4-14H,1-2H2,3H3;1-2H3. The van der Waals surface area contributed by atoms with Crippen molar-refractivity contribution in [3.05, 3.63) is 83.9 Å². The van der Waals surface area contributed by atoms with Gasteiger partial charge in [-0.2, -0.15) is 0 Å². The summed E-state index contributed by atoms with van der Waals surface area (Å²) >= 11 is 0. The Hall–Kier alpha value is -2.08. The third-order valence-corrected chi connectivity index (χ3v) is 3.36. The van der Waals surface area contributed by atoms with Gasteiger partial charge in [0.15, 0.2) is 0 Å². The van der Waals surface area contributed by atoms with Gasteiger partial charge in [0, 0.05) is 5.92 Å². The maximum atomic E-state index is 3.89. The Bertz CT molecular complexity index is 512. The van der Waals surface area contributed by atoms with Crippen molar-refractivity contribution >= 4 is 12.2 Å². The normalized spacial score (nSPS) is 9.60. The number of hydrogen-bond donors (Lipinski definition) is 0. The summed E-state index contributed by atoms with van der Waals surface area (Å²) in [7, 11) is 0. The third kappa shape index (κ3) is 3.48. The molecule has 2 aromatic carbocycles. The van der Waals surface area contributed by atoms with E-state index in [9.17, 15) is 0 Å². The van der Waals surface area contributed by atoms with Crippen LogP contribution in [0.1, 0.15) is 48.9 Å². The van der Waals surface area contributed by atoms with E-state index in [4.69, 9.17) is 0 Å². The van der Waals surface area contributed by atoms with Crippen LogP contribution in [0.15, 0.2) is 61.7 Å². The maximum absolute atomic E-state index is 3.89. The summed E-state index contributed by atoms with van der Waals surface area (Å²) < 4.78 is 0. The smallest absolute Gasteiger partial charge is 0.00728 e. The van der Waals surface area contributed by atoms with Crippen LogP contribution in [-0.2, 0) is 0 Å². The molecular formula is C20H24. The molecule has 2 aromatic rings. The lowest BCUT2D eigenvalue weighted by atomic mass is 9.87. The van der Waals surface area contributed by atoms with E-state index in [0.29, 0.717) is 5.92 Å². The van der Waals surface area contributed by atoms with Gasteiger partial charge in [0.2, 0.25) is 0 Å². The first-order chi connectivity index (χ1) is 9.77. The first kappa shape index (κ1) is 16.0. The molecule has 104 valence electrons. The Morgan fingerprint density at radius 1 is 0.750 bits per heavy atom. The summed E-state index contributed by atoms with van der Waals surface area (Å²) in [5.41, 5.74) is 5.01. The lowest BCUT2D eigenvalue weighted by Crippen LogP contribution is -2.00. The number of rotatable bonds is 4. The van der Waals surface area contributed by atoms with Crippen LogP contribution in [0.4, 0.5) is 0 Å². The summed E-state index contributed by atoms with van der Waals surface area (Å²) in [6.45, 7) is 14.0. The monoisotopic (exact) mass is 264 g/mol. The van der Waals surface area contributed by atoms with Crippen LogP contribution in [0.2, 0.25) is 0 Å². The average Bonchev–Trinajstić information content (AvgIpc) is 2.56. The Balaban J connectivity index is 0.000000956. The molecule has 0 aliphatic carbocycles. The highest BCUT2D eigenvalue weighted by atomic mass is 14.2. The number of benzene rings is 2. The van der Waals surface area contributed by atoms with Gasteiger partial charge in [-0.15, -0.1) is 0 Å². The van der Waals surface area contributed by atoms with E-state index in [1.54, 1.807) is 0 Å². The highest BCUT2D eigenvalue weighted by molar-refractivity contribution is 5.59. The first-order valence-corrected chi connectivity index (χ1v) is 7.20. The average molecular weight is 264 g/mol. The summed E-state index contributed by atoms with van der Waals surface area (Å²) in [6.07, 6.45) is 3.84.